The van der Waals surface area contributed by atoms with Gasteiger partial charge < -0.3 is 0 Å². The van der Waals surface area contributed by atoms with Crippen LogP contribution in [-0.4, -0.2) is 4.98 Å². The highest BCUT2D eigenvalue weighted by atomic mass is 35.5. The van der Waals surface area contributed by atoms with Crippen LogP contribution in [0.5, 0.6) is 0 Å². The lowest BCUT2D eigenvalue weighted by Gasteiger charge is -1.99. The Balaban J connectivity index is 2.78. The zero-order valence-electron chi connectivity index (χ0n) is 7.05. The average Bonchev–Trinajstić information content (AvgIpc) is 2.18. The first-order valence-electron chi connectivity index (χ1n) is 3.90. The van der Waals surface area contributed by atoms with Gasteiger partial charge in [0.25, 0.3) is 0 Å². The van der Waals surface area contributed by atoms with Crippen LogP contribution in [0.4, 0.5) is 5.69 Å². The maximum Gasteiger partial charge on any atom is 0.0888 e. The Hall–Kier alpha value is -1.77. The van der Waals surface area contributed by atoms with E-state index < -0.39 is 0 Å². The fourth-order valence-electron chi connectivity index (χ4n) is 1.24. The zero-order chi connectivity index (χ0) is 9.97. The minimum atomic E-state index is 0.491. The van der Waals surface area contributed by atoms with Crippen molar-refractivity contribution >= 4 is 28.2 Å². The number of fused-ring (bicyclic) bond motifs is 1. The van der Waals surface area contributed by atoms with Crippen LogP contribution >= 0.6 is 11.6 Å². The summed E-state index contributed by atoms with van der Waals surface area (Å²) in [7, 11) is 0. The number of nitrogens with zero attached hydrogens (tertiary/aromatic N) is 4. The summed E-state index contributed by atoms with van der Waals surface area (Å²) in [5.41, 5.74) is 9.49. The minimum absolute atomic E-state index is 0.491. The van der Waals surface area contributed by atoms with Gasteiger partial charge in [0.05, 0.1) is 10.5 Å². The molecule has 0 fully saturated rings. The summed E-state index contributed by atoms with van der Waals surface area (Å²) in [6.07, 6.45) is 1.67. The van der Waals surface area contributed by atoms with Gasteiger partial charge in [-0.25, -0.2) is 0 Å². The molecule has 0 N–H and O–H groups in total. The van der Waals surface area contributed by atoms with Crippen molar-refractivity contribution in [1.82, 2.24) is 4.98 Å². The second-order valence-corrected chi connectivity index (χ2v) is 3.10. The van der Waals surface area contributed by atoms with Crippen molar-refractivity contribution in [2.45, 2.75) is 0 Å². The number of hydrogen-bond acceptors (Lipinski definition) is 2. The topological polar surface area (TPSA) is 61.7 Å². The van der Waals surface area contributed by atoms with Crippen molar-refractivity contribution in [3.8, 4) is 0 Å². The molecule has 5 heteroatoms. The first-order chi connectivity index (χ1) is 6.81. The number of aromatic nitrogens is 1. The summed E-state index contributed by atoms with van der Waals surface area (Å²) in [5, 5.41) is 4.84. The van der Waals surface area contributed by atoms with E-state index in [4.69, 9.17) is 17.1 Å². The zero-order valence-corrected chi connectivity index (χ0v) is 7.81. The van der Waals surface area contributed by atoms with Crippen LogP contribution in [-0.2, 0) is 0 Å². The highest BCUT2D eigenvalue weighted by Gasteiger charge is 2.01. The van der Waals surface area contributed by atoms with Crippen LogP contribution < -0.4 is 0 Å². The molecule has 68 valence electrons. The van der Waals surface area contributed by atoms with Crippen LogP contribution in [0.3, 0.4) is 0 Å². The van der Waals surface area contributed by atoms with E-state index in [0.29, 0.717) is 16.2 Å². The second-order valence-electron chi connectivity index (χ2n) is 2.69. The third-order valence-electron chi connectivity index (χ3n) is 1.80. The lowest BCUT2D eigenvalue weighted by molar-refractivity contribution is 1.40. The fraction of sp³-hybridized carbons (Fsp3) is 0. The van der Waals surface area contributed by atoms with Gasteiger partial charge >= 0.3 is 0 Å². The van der Waals surface area contributed by atoms with Crippen molar-refractivity contribution in [1.29, 1.82) is 0 Å². The standard InChI is InChI=1S/C9H5ClN4/c10-8-5-7(13-14-11)4-6-2-1-3-12-9(6)8/h1-5H. The Kier molecular flexibility index (Phi) is 2.23. The van der Waals surface area contributed by atoms with Gasteiger partial charge in [-0.05, 0) is 23.7 Å². The summed E-state index contributed by atoms with van der Waals surface area (Å²) < 4.78 is 0. The van der Waals surface area contributed by atoms with Crippen LogP contribution in [0.2, 0.25) is 5.02 Å². The molecule has 0 bridgehead atoms. The van der Waals surface area contributed by atoms with Crippen molar-refractivity contribution in [3.05, 3.63) is 45.9 Å². The predicted molar refractivity (Wildman–Crippen MR) is 55.6 cm³/mol. The molecule has 0 amide bonds. The SMILES string of the molecule is [N-]=[N+]=Nc1cc(Cl)c2ncccc2c1. The third-order valence-corrected chi connectivity index (χ3v) is 2.09. The second kappa shape index (κ2) is 3.54. The summed E-state index contributed by atoms with van der Waals surface area (Å²) in [5.74, 6) is 0. The maximum atomic E-state index is 8.28. The molecule has 0 aliphatic heterocycles. The van der Waals surface area contributed by atoms with Crippen LogP contribution in [0.15, 0.2) is 35.6 Å². The van der Waals surface area contributed by atoms with Gasteiger partial charge in [-0.1, -0.05) is 22.8 Å². The molecule has 0 aliphatic carbocycles. The molecule has 1 aromatic heterocycles. The van der Waals surface area contributed by atoms with Gasteiger partial charge in [-0.15, -0.1) is 0 Å². The van der Waals surface area contributed by atoms with Gasteiger partial charge in [0.1, 0.15) is 0 Å². The molecule has 0 radical (unpaired) electrons. The summed E-state index contributed by atoms with van der Waals surface area (Å²) in [6, 6.07) is 7.01. The molecule has 0 saturated heterocycles. The Morgan fingerprint density at radius 1 is 1.43 bits per heavy atom. The van der Waals surface area contributed by atoms with Crippen molar-refractivity contribution in [2.24, 2.45) is 5.11 Å². The van der Waals surface area contributed by atoms with Crippen LogP contribution in [0.1, 0.15) is 0 Å². The molecule has 0 unspecified atom stereocenters. The largest absolute Gasteiger partial charge is 0.255 e. The van der Waals surface area contributed by atoms with E-state index in [0.717, 1.165) is 5.39 Å². The number of halogens is 1. The summed E-state index contributed by atoms with van der Waals surface area (Å²) in [4.78, 5) is 6.82. The van der Waals surface area contributed by atoms with E-state index in [9.17, 15) is 0 Å². The monoisotopic (exact) mass is 204 g/mol. The fourth-order valence-corrected chi connectivity index (χ4v) is 1.51. The molecule has 1 heterocycles. The highest BCUT2D eigenvalue weighted by molar-refractivity contribution is 6.35. The van der Waals surface area contributed by atoms with E-state index >= 15 is 0 Å². The van der Waals surface area contributed by atoms with Gasteiger partial charge in [0, 0.05) is 22.2 Å². The Morgan fingerprint density at radius 2 is 2.29 bits per heavy atom. The van der Waals surface area contributed by atoms with Crippen LogP contribution in [0, 0.1) is 0 Å². The quantitative estimate of drug-likeness (QED) is 0.396. The van der Waals surface area contributed by atoms with Crippen molar-refractivity contribution in [2.75, 3.05) is 0 Å². The normalized spacial score (nSPS) is 9.79. The van der Waals surface area contributed by atoms with Gasteiger partial charge in [0.2, 0.25) is 0 Å². The van der Waals surface area contributed by atoms with Crippen molar-refractivity contribution in [3.63, 3.8) is 0 Å². The first kappa shape index (κ1) is 8.81. The molecule has 2 aromatic rings. The number of benzene rings is 1. The molecule has 2 rings (SSSR count). The molecule has 0 saturated carbocycles. The molecule has 0 atom stereocenters. The lowest BCUT2D eigenvalue weighted by atomic mass is 10.2. The molecule has 14 heavy (non-hydrogen) atoms. The summed E-state index contributed by atoms with van der Waals surface area (Å²) >= 11 is 5.95. The molecule has 4 nitrogen and oxygen atoms in total. The smallest absolute Gasteiger partial charge is 0.0888 e. The maximum absolute atomic E-state index is 8.28. The molecule has 0 spiro atoms. The first-order valence-corrected chi connectivity index (χ1v) is 4.28. The number of azide groups is 1. The number of rotatable bonds is 1. The molecule has 1 aromatic carbocycles. The van der Waals surface area contributed by atoms with Crippen LogP contribution in [0.25, 0.3) is 21.3 Å². The van der Waals surface area contributed by atoms with Gasteiger partial charge in [0.15, 0.2) is 0 Å². The third kappa shape index (κ3) is 1.48. The minimum Gasteiger partial charge on any atom is -0.255 e. The van der Waals surface area contributed by atoms with E-state index in [2.05, 4.69) is 15.0 Å². The van der Waals surface area contributed by atoms with E-state index in [-0.39, 0.29) is 0 Å². The van der Waals surface area contributed by atoms with Crippen molar-refractivity contribution < 1.29 is 0 Å². The molecular formula is C9H5ClN4. The molecular weight excluding hydrogens is 200 g/mol. The van der Waals surface area contributed by atoms with Gasteiger partial charge in [-0.3, -0.25) is 4.98 Å². The van der Waals surface area contributed by atoms with E-state index in [1.165, 1.54) is 0 Å². The van der Waals surface area contributed by atoms with E-state index in [1.54, 1.807) is 24.4 Å². The lowest BCUT2D eigenvalue weighted by Crippen LogP contribution is -1.78. The highest BCUT2D eigenvalue weighted by Crippen LogP contribution is 2.27. The Bertz CT molecular complexity index is 531. The van der Waals surface area contributed by atoms with E-state index in [1.807, 2.05) is 6.07 Å². The van der Waals surface area contributed by atoms with Gasteiger partial charge in [-0.2, -0.15) is 0 Å². The average molecular weight is 205 g/mol. The molecule has 0 aliphatic rings. The predicted octanol–water partition coefficient (Wildman–Crippen LogP) is 3.83. The summed E-state index contributed by atoms with van der Waals surface area (Å²) in [6.45, 7) is 0. The Labute approximate surface area is 84.8 Å². The number of pyridine rings is 1. The number of hydrogen-bond donors (Lipinski definition) is 0. The Morgan fingerprint density at radius 3 is 3.07 bits per heavy atom.